The summed E-state index contributed by atoms with van der Waals surface area (Å²) in [6.07, 6.45) is 3.93. The molecule has 170 valence electrons. The van der Waals surface area contributed by atoms with E-state index in [9.17, 15) is 13.2 Å². The lowest BCUT2D eigenvalue weighted by atomic mass is 9.99. The van der Waals surface area contributed by atoms with Gasteiger partial charge in [-0.2, -0.15) is 0 Å². The van der Waals surface area contributed by atoms with Gasteiger partial charge in [0.1, 0.15) is 0 Å². The van der Waals surface area contributed by atoms with E-state index in [1.165, 1.54) is 37.7 Å². The van der Waals surface area contributed by atoms with Crippen LogP contribution < -0.4 is 10.6 Å². The van der Waals surface area contributed by atoms with Crippen molar-refractivity contribution in [3.05, 3.63) is 29.8 Å². The highest BCUT2D eigenvalue weighted by Crippen LogP contribution is 2.34. The van der Waals surface area contributed by atoms with E-state index in [0.717, 1.165) is 41.8 Å². The number of thioether (sulfide) groups is 1. The van der Waals surface area contributed by atoms with Gasteiger partial charge in [0.15, 0.2) is 15.0 Å². The maximum absolute atomic E-state index is 12.2. The van der Waals surface area contributed by atoms with E-state index in [-0.39, 0.29) is 28.7 Å². The number of carbonyl (C=O) groups excluding carboxylic acids is 1. The summed E-state index contributed by atoms with van der Waals surface area (Å²) in [5, 5.41) is 7.11. The number of piperidine rings is 1. The molecule has 0 saturated carbocycles. The van der Waals surface area contributed by atoms with Crippen molar-refractivity contribution in [1.82, 2.24) is 10.2 Å². The van der Waals surface area contributed by atoms with Crippen molar-refractivity contribution in [3.8, 4) is 0 Å². The predicted octanol–water partition coefficient (Wildman–Crippen LogP) is 2.15. The summed E-state index contributed by atoms with van der Waals surface area (Å²) in [4.78, 5) is 19.2. The summed E-state index contributed by atoms with van der Waals surface area (Å²) in [5.41, 5.74) is 1.87. The van der Waals surface area contributed by atoms with Crippen molar-refractivity contribution in [3.63, 3.8) is 0 Å². The highest BCUT2D eigenvalue weighted by molar-refractivity contribution is 8.15. The molecule has 2 fully saturated rings. The summed E-state index contributed by atoms with van der Waals surface area (Å²) in [6, 6.07) is 7.64. The molecule has 3 heterocycles. The molecule has 0 aromatic heterocycles. The number of nitrogens with zero attached hydrogens (tertiary/aromatic N) is 2. The number of amidine groups is 1. The van der Waals surface area contributed by atoms with Gasteiger partial charge in [-0.1, -0.05) is 30.8 Å². The van der Waals surface area contributed by atoms with Gasteiger partial charge in [-0.25, -0.2) is 8.42 Å². The van der Waals surface area contributed by atoms with Crippen LogP contribution >= 0.6 is 11.8 Å². The molecule has 1 amide bonds. The number of amides is 1. The van der Waals surface area contributed by atoms with E-state index in [2.05, 4.69) is 27.4 Å². The first kappa shape index (κ1) is 22.6. The number of sulfone groups is 1. The second-order valence-corrected chi connectivity index (χ2v) is 12.3. The number of fused-ring (bicyclic) bond motifs is 1. The van der Waals surface area contributed by atoms with Crippen LogP contribution in [0.25, 0.3) is 0 Å². The highest BCUT2D eigenvalue weighted by Gasteiger charge is 2.42. The fourth-order valence-electron chi connectivity index (χ4n) is 4.31. The first-order valence-corrected chi connectivity index (χ1v) is 13.9. The van der Waals surface area contributed by atoms with E-state index < -0.39 is 9.84 Å². The van der Waals surface area contributed by atoms with E-state index in [1.807, 2.05) is 24.3 Å². The number of hydrogen-bond acceptors (Lipinski definition) is 7. The summed E-state index contributed by atoms with van der Waals surface area (Å²) in [5.74, 6) is 1.27. The number of nitrogens with one attached hydrogen (secondary N) is 2. The molecule has 3 aliphatic heterocycles. The highest BCUT2D eigenvalue weighted by atomic mass is 32.2. The third kappa shape index (κ3) is 6.46. The molecule has 9 heteroatoms. The smallest absolute Gasteiger partial charge is 0.224 e. The largest absolute Gasteiger partial charge is 0.356 e. The Morgan fingerprint density at radius 3 is 2.65 bits per heavy atom. The second kappa shape index (κ2) is 9.92. The lowest BCUT2D eigenvalue weighted by Gasteiger charge is -2.30. The summed E-state index contributed by atoms with van der Waals surface area (Å²) < 4.78 is 23.3. The Hall–Kier alpha value is -1.58. The van der Waals surface area contributed by atoms with Crippen molar-refractivity contribution in [2.75, 3.05) is 43.0 Å². The lowest BCUT2D eigenvalue weighted by molar-refractivity contribution is -0.120. The molecule has 0 spiro atoms. The number of hydrogen-bond donors (Lipinski definition) is 2. The van der Waals surface area contributed by atoms with Crippen molar-refractivity contribution in [2.45, 2.75) is 43.9 Å². The molecule has 2 saturated heterocycles. The van der Waals surface area contributed by atoms with Crippen molar-refractivity contribution in [2.24, 2.45) is 10.9 Å². The molecule has 4 rings (SSSR count). The second-order valence-electron chi connectivity index (χ2n) is 8.96. The number of carbonyl (C=O) groups is 1. The minimum atomic E-state index is -2.93. The van der Waals surface area contributed by atoms with Crippen molar-refractivity contribution in [1.29, 1.82) is 0 Å². The molecule has 1 aromatic rings. The molecule has 3 aliphatic rings. The molecule has 1 aromatic carbocycles. The molecule has 2 N–H and O–H groups in total. The summed E-state index contributed by atoms with van der Waals surface area (Å²) >= 11 is 1.51. The molecule has 7 nitrogen and oxygen atoms in total. The molecule has 31 heavy (non-hydrogen) atoms. The molecular formula is C22H32N4O3S2. The predicted molar refractivity (Wildman–Crippen MR) is 127 cm³/mol. The van der Waals surface area contributed by atoms with Crippen LogP contribution in [0.2, 0.25) is 0 Å². The van der Waals surface area contributed by atoms with Gasteiger partial charge in [0.05, 0.1) is 24.0 Å². The quantitative estimate of drug-likeness (QED) is 0.601. The first-order valence-electron chi connectivity index (χ1n) is 11.2. The maximum atomic E-state index is 12.2. The van der Waals surface area contributed by atoms with E-state index >= 15 is 0 Å². The van der Waals surface area contributed by atoms with Crippen molar-refractivity contribution >= 4 is 38.4 Å². The van der Waals surface area contributed by atoms with Gasteiger partial charge in [-0.3, -0.25) is 9.79 Å². The SMILES string of the molecule is CC1CCN(CCCNC(=O)Cc2ccc(NC3=NC4CS(=O)(=O)CC4S3)cc2)CC1. The Bertz CT molecular complexity index is 909. The summed E-state index contributed by atoms with van der Waals surface area (Å²) in [7, 11) is -2.93. The average Bonchev–Trinajstić information content (AvgIpc) is 3.20. The van der Waals surface area contributed by atoms with Crippen LogP contribution in [0.5, 0.6) is 0 Å². The Morgan fingerprint density at radius 2 is 1.94 bits per heavy atom. The van der Waals surface area contributed by atoms with E-state index in [4.69, 9.17) is 0 Å². The van der Waals surface area contributed by atoms with Crippen LogP contribution in [0.4, 0.5) is 5.69 Å². The fraction of sp³-hybridized carbons (Fsp3) is 0.636. The average molecular weight is 465 g/mol. The number of aliphatic imine (C=N–C) groups is 1. The van der Waals surface area contributed by atoms with Gasteiger partial charge in [0, 0.05) is 17.5 Å². The van der Waals surface area contributed by atoms with Crippen LogP contribution in [0.1, 0.15) is 31.7 Å². The molecule has 2 atom stereocenters. The van der Waals surface area contributed by atoms with Crippen LogP contribution in [0.15, 0.2) is 29.3 Å². The van der Waals surface area contributed by atoms with Gasteiger partial charge in [-0.15, -0.1) is 0 Å². The fourth-order valence-corrected chi connectivity index (χ4v) is 7.99. The Labute approximate surface area is 189 Å². The minimum Gasteiger partial charge on any atom is -0.356 e. The standard InChI is InChI=1S/C22H32N4O3S2/c1-16-7-11-26(12-8-16)10-2-9-23-21(27)13-17-3-5-18(6-4-17)24-22-25-19-14-31(28,29)15-20(19)30-22/h3-6,16,19-20H,2,7-15H2,1H3,(H,23,27)(H,24,25). The Kier molecular flexibility index (Phi) is 7.23. The Balaban J connectivity index is 1.15. The van der Waals surface area contributed by atoms with Crippen LogP contribution in [0, 0.1) is 5.92 Å². The first-order chi connectivity index (χ1) is 14.9. The normalized spacial score (nSPS) is 25.8. The van der Waals surface area contributed by atoms with E-state index in [0.29, 0.717) is 6.42 Å². The number of benzene rings is 1. The van der Waals surface area contributed by atoms with Gasteiger partial charge in [-0.05, 0) is 62.5 Å². The lowest BCUT2D eigenvalue weighted by Crippen LogP contribution is -2.35. The number of likely N-dealkylation sites (tertiary alicyclic amines) is 1. The molecule has 0 radical (unpaired) electrons. The topological polar surface area (TPSA) is 90.9 Å². The van der Waals surface area contributed by atoms with Crippen molar-refractivity contribution < 1.29 is 13.2 Å². The maximum Gasteiger partial charge on any atom is 0.224 e. The zero-order chi connectivity index (χ0) is 21.8. The van der Waals surface area contributed by atoms with Crippen LogP contribution in [0.3, 0.4) is 0 Å². The number of anilines is 1. The van der Waals surface area contributed by atoms with Gasteiger partial charge >= 0.3 is 0 Å². The monoisotopic (exact) mass is 464 g/mol. The molecule has 0 aliphatic carbocycles. The zero-order valence-corrected chi connectivity index (χ0v) is 19.7. The Morgan fingerprint density at radius 1 is 1.19 bits per heavy atom. The summed E-state index contributed by atoms with van der Waals surface area (Å²) in [6.45, 7) is 6.46. The molecule has 2 unspecified atom stereocenters. The van der Waals surface area contributed by atoms with Crippen LogP contribution in [-0.2, 0) is 21.1 Å². The third-order valence-electron chi connectivity index (χ3n) is 6.24. The minimum absolute atomic E-state index is 0.0361. The van der Waals surface area contributed by atoms with Gasteiger partial charge in [0.25, 0.3) is 0 Å². The molecular weight excluding hydrogens is 432 g/mol. The number of rotatable bonds is 7. The van der Waals surface area contributed by atoms with Crippen LogP contribution in [-0.4, -0.2) is 73.4 Å². The van der Waals surface area contributed by atoms with E-state index in [1.54, 1.807) is 0 Å². The molecule has 0 bridgehead atoms. The van der Waals surface area contributed by atoms with Gasteiger partial charge in [0.2, 0.25) is 5.91 Å². The zero-order valence-electron chi connectivity index (χ0n) is 18.0. The third-order valence-corrected chi connectivity index (χ3v) is 9.38. The van der Waals surface area contributed by atoms with Gasteiger partial charge < -0.3 is 15.5 Å².